The number of pyridine rings is 1. The minimum Gasteiger partial charge on any atom is -0.304 e. The molecule has 0 radical (unpaired) electrons. The second-order valence-electron chi connectivity index (χ2n) is 4.66. The average molecular weight is 282 g/mol. The predicted octanol–water partition coefficient (Wildman–Crippen LogP) is 1.77. The lowest BCUT2D eigenvalue weighted by Gasteiger charge is -1.97. The monoisotopic (exact) mass is 282 g/mol. The van der Waals surface area contributed by atoms with Gasteiger partial charge in [-0.05, 0) is 25.1 Å². The third-order valence-electron chi connectivity index (χ3n) is 3.14. The Hall–Kier alpha value is -2.96. The maximum atomic E-state index is 12.1. The van der Waals surface area contributed by atoms with Gasteiger partial charge < -0.3 is 5.32 Å². The Kier molecular flexibility index (Phi) is 3.23. The van der Waals surface area contributed by atoms with Gasteiger partial charge in [-0.2, -0.15) is 10.2 Å². The van der Waals surface area contributed by atoms with Crippen molar-refractivity contribution in [3.05, 3.63) is 48.0 Å². The summed E-state index contributed by atoms with van der Waals surface area (Å²) >= 11 is 0. The molecule has 1 amide bonds. The number of nitrogens with one attached hydrogen (secondary N) is 2. The van der Waals surface area contributed by atoms with Crippen LogP contribution in [0.2, 0.25) is 0 Å². The molecule has 7 heteroatoms. The summed E-state index contributed by atoms with van der Waals surface area (Å²) in [6.45, 7) is 1.92. The number of aryl methyl sites for hydroxylation is 2. The summed E-state index contributed by atoms with van der Waals surface area (Å²) in [5.41, 5.74) is 2.86. The molecule has 0 atom stereocenters. The van der Waals surface area contributed by atoms with E-state index in [4.69, 9.17) is 0 Å². The van der Waals surface area contributed by atoms with E-state index in [1.54, 1.807) is 29.2 Å². The molecule has 0 unspecified atom stereocenters. The van der Waals surface area contributed by atoms with Crippen molar-refractivity contribution in [2.75, 3.05) is 5.32 Å². The number of aromatic nitrogens is 5. The van der Waals surface area contributed by atoms with Crippen LogP contribution in [0.1, 0.15) is 16.2 Å². The van der Waals surface area contributed by atoms with Crippen molar-refractivity contribution < 1.29 is 4.79 Å². The van der Waals surface area contributed by atoms with Crippen molar-refractivity contribution in [1.82, 2.24) is 25.0 Å². The van der Waals surface area contributed by atoms with Crippen molar-refractivity contribution in [2.45, 2.75) is 6.92 Å². The molecule has 0 aromatic carbocycles. The minimum absolute atomic E-state index is 0.282. The molecule has 3 rings (SSSR count). The molecule has 7 nitrogen and oxygen atoms in total. The largest absolute Gasteiger partial charge is 0.304 e. The Morgan fingerprint density at radius 1 is 1.38 bits per heavy atom. The number of aromatic amines is 1. The van der Waals surface area contributed by atoms with E-state index in [1.807, 2.05) is 26.1 Å². The topological polar surface area (TPSA) is 88.5 Å². The molecule has 0 bridgehead atoms. The van der Waals surface area contributed by atoms with Crippen LogP contribution >= 0.6 is 0 Å². The molecule has 2 N–H and O–H groups in total. The van der Waals surface area contributed by atoms with E-state index in [1.165, 1.54) is 0 Å². The van der Waals surface area contributed by atoms with Crippen LogP contribution in [0, 0.1) is 6.92 Å². The second-order valence-corrected chi connectivity index (χ2v) is 4.66. The Morgan fingerprint density at radius 3 is 2.90 bits per heavy atom. The van der Waals surface area contributed by atoms with E-state index in [9.17, 15) is 4.79 Å². The van der Waals surface area contributed by atoms with Crippen molar-refractivity contribution in [3.8, 4) is 11.3 Å². The number of hydrogen-bond acceptors (Lipinski definition) is 4. The number of hydrogen-bond donors (Lipinski definition) is 2. The van der Waals surface area contributed by atoms with Gasteiger partial charge in [-0.25, -0.2) is 0 Å². The van der Waals surface area contributed by atoms with Crippen molar-refractivity contribution in [2.24, 2.45) is 7.05 Å². The maximum Gasteiger partial charge on any atom is 0.274 e. The molecule has 106 valence electrons. The molecule has 3 heterocycles. The van der Waals surface area contributed by atoms with Crippen molar-refractivity contribution in [3.63, 3.8) is 0 Å². The quantitative estimate of drug-likeness (QED) is 0.766. The molecule has 0 aliphatic rings. The molecule has 0 spiro atoms. The van der Waals surface area contributed by atoms with E-state index < -0.39 is 0 Å². The summed E-state index contributed by atoms with van der Waals surface area (Å²) in [6, 6.07) is 7.19. The molecule has 0 fully saturated rings. The lowest BCUT2D eigenvalue weighted by atomic mass is 10.2. The third-order valence-corrected chi connectivity index (χ3v) is 3.14. The van der Waals surface area contributed by atoms with Crippen molar-refractivity contribution >= 4 is 11.7 Å². The molecule has 0 saturated carbocycles. The lowest BCUT2D eigenvalue weighted by Crippen LogP contribution is -2.13. The molecule has 0 aliphatic carbocycles. The molecule has 21 heavy (non-hydrogen) atoms. The summed E-state index contributed by atoms with van der Waals surface area (Å²) in [6.07, 6.45) is 3.38. The first-order valence-corrected chi connectivity index (χ1v) is 6.41. The lowest BCUT2D eigenvalue weighted by molar-refractivity contribution is 0.102. The Morgan fingerprint density at radius 2 is 2.24 bits per heavy atom. The summed E-state index contributed by atoms with van der Waals surface area (Å²) in [4.78, 5) is 16.2. The van der Waals surface area contributed by atoms with Crippen LogP contribution in [0.5, 0.6) is 0 Å². The number of H-pyrrole nitrogens is 1. The summed E-state index contributed by atoms with van der Waals surface area (Å²) in [7, 11) is 1.82. The van der Waals surface area contributed by atoms with Crippen LogP contribution in [0.4, 0.5) is 5.82 Å². The summed E-state index contributed by atoms with van der Waals surface area (Å²) in [5.74, 6) is 0.230. The van der Waals surface area contributed by atoms with Gasteiger partial charge in [0, 0.05) is 36.8 Å². The smallest absolute Gasteiger partial charge is 0.274 e. The first-order valence-electron chi connectivity index (χ1n) is 6.41. The average Bonchev–Trinajstić information content (AvgIpc) is 3.08. The van der Waals surface area contributed by atoms with E-state index in [0.29, 0.717) is 17.2 Å². The molecule has 0 aliphatic heterocycles. The molecular formula is C14H14N6O. The van der Waals surface area contributed by atoms with Gasteiger partial charge >= 0.3 is 0 Å². The fourth-order valence-corrected chi connectivity index (χ4v) is 1.91. The van der Waals surface area contributed by atoms with Crippen LogP contribution < -0.4 is 5.32 Å². The zero-order chi connectivity index (χ0) is 14.8. The maximum absolute atomic E-state index is 12.1. The van der Waals surface area contributed by atoms with Crippen LogP contribution in [-0.4, -0.2) is 30.9 Å². The van der Waals surface area contributed by atoms with Gasteiger partial charge in [0.25, 0.3) is 5.91 Å². The van der Waals surface area contributed by atoms with Crippen LogP contribution in [0.3, 0.4) is 0 Å². The highest BCUT2D eigenvalue weighted by molar-refractivity contribution is 6.02. The number of anilines is 1. The Balaban J connectivity index is 1.78. The van der Waals surface area contributed by atoms with Crippen LogP contribution in [0.25, 0.3) is 11.3 Å². The summed E-state index contributed by atoms with van der Waals surface area (Å²) in [5, 5.41) is 13.7. The first-order chi connectivity index (χ1) is 10.1. The summed E-state index contributed by atoms with van der Waals surface area (Å²) < 4.78 is 1.70. The van der Waals surface area contributed by atoms with E-state index in [-0.39, 0.29) is 5.91 Å². The molecule has 3 aromatic rings. The SMILES string of the molecule is Cc1cc(NC(=O)c2cc(-c3cccnc3)n[nH]2)nn1C. The zero-order valence-electron chi connectivity index (χ0n) is 11.7. The van der Waals surface area contributed by atoms with E-state index in [2.05, 4.69) is 25.6 Å². The third kappa shape index (κ3) is 2.66. The normalized spacial score (nSPS) is 10.6. The molecule has 3 aromatic heterocycles. The number of carbonyl (C=O) groups excluding carboxylic acids is 1. The first kappa shape index (κ1) is 13.0. The van der Waals surface area contributed by atoms with Gasteiger partial charge in [-0.1, -0.05) is 0 Å². The van der Waals surface area contributed by atoms with Gasteiger partial charge in [0.2, 0.25) is 0 Å². The standard InChI is InChI=1S/C14H14N6O/c1-9-6-13(19-20(9)2)16-14(21)12-7-11(17-18-12)10-4-3-5-15-8-10/h3-8H,1-2H3,(H,17,18)(H,16,19,21). The van der Waals surface area contributed by atoms with Gasteiger partial charge in [0.15, 0.2) is 5.82 Å². The van der Waals surface area contributed by atoms with Crippen LogP contribution in [0.15, 0.2) is 36.7 Å². The van der Waals surface area contributed by atoms with Gasteiger partial charge in [-0.3, -0.25) is 19.6 Å². The Labute approximate surface area is 121 Å². The van der Waals surface area contributed by atoms with E-state index >= 15 is 0 Å². The van der Waals surface area contributed by atoms with Crippen LogP contribution in [-0.2, 0) is 7.05 Å². The number of carbonyl (C=O) groups is 1. The molecule has 0 saturated heterocycles. The zero-order valence-corrected chi connectivity index (χ0v) is 11.7. The van der Waals surface area contributed by atoms with Crippen molar-refractivity contribution in [1.29, 1.82) is 0 Å². The number of amides is 1. The van der Waals surface area contributed by atoms with Gasteiger partial charge in [-0.15, -0.1) is 0 Å². The second kappa shape index (κ2) is 5.20. The highest BCUT2D eigenvalue weighted by Crippen LogP contribution is 2.16. The van der Waals surface area contributed by atoms with E-state index in [0.717, 1.165) is 11.3 Å². The minimum atomic E-state index is -0.282. The highest BCUT2D eigenvalue weighted by Gasteiger charge is 2.13. The molecular weight excluding hydrogens is 268 g/mol. The highest BCUT2D eigenvalue weighted by atomic mass is 16.2. The Bertz CT molecular complexity index is 754. The van der Waals surface area contributed by atoms with Gasteiger partial charge in [0.05, 0.1) is 5.69 Å². The van der Waals surface area contributed by atoms with Gasteiger partial charge in [0.1, 0.15) is 5.69 Å². The fraction of sp³-hybridized carbons (Fsp3) is 0.143. The number of rotatable bonds is 3. The number of nitrogens with zero attached hydrogens (tertiary/aromatic N) is 4. The predicted molar refractivity (Wildman–Crippen MR) is 77.7 cm³/mol. The fourth-order valence-electron chi connectivity index (χ4n) is 1.91.